The summed E-state index contributed by atoms with van der Waals surface area (Å²) in [7, 11) is 1.63. The number of methoxy groups -OCH3 is 1. The second-order valence-electron chi connectivity index (χ2n) is 5.62. The number of rotatable bonds is 4. The first-order valence-electron chi connectivity index (χ1n) is 7.27. The molecule has 114 valence electrons. The minimum absolute atomic E-state index is 0.0349. The minimum atomic E-state index is -0.114. The third kappa shape index (κ3) is 2.44. The highest BCUT2D eigenvalue weighted by Crippen LogP contribution is 2.33. The van der Waals surface area contributed by atoms with E-state index in [1.165, 1.54) is 0 Å². The normalized spacial score (nSPS) is 24.8. The van der Waals surface area contributed by atoms with Gasteiger partial charge in [0.1, 0.15) is 5.76 Å². The monoisotopic (exact) mass is 292 g/mol. The molecular formula is C15H20N2O4. The summed E-state index contributed by atoms with van der Waals surface area (Å²) in [6.07, 6.45) is 1.23. The number of fused-ring (bicyclic) bond motifs is 1. The van der Waals surface area contributed by atoms with E-state index in [1.54, 1.807) is 24.1 Å². The predicted molar refractivity (Wildman–Crippen MR) is 74.9 cm³/mol. The number of nitrogens with zero attached hydrogens (tertiary/aromatic N) is 2. The van der Waals surface area contributed by atoms with Crippen LogP contribution in [-0.4, -0.2) is 60.5 Å². The molecule has 0 aromatic carbocycles. The van der Waals surface area contributed by atoms with E-state index in [1.807, 2.05) is 11.8 Å². The molecule has 0 unspecified atom stereocenters. The molecule has 2 saturated heterocycles. The van der Waals surface area contributed by atoms with Crippen molar-refractivity contribution in [3.05, 3.63) is 23.7 Å². The summed E-state index contributed by atoms with van der Waals surface area (Å²) >= 11 is 0. The first-order valence-corrected chi connectivity index (χ1v) is 7.27. The van der Waals surface area contributed by atoms with Crippen molar-refractivity contribution in [2.45, 2.75) is 31.8 Å². The van der Waals surface area contributed by atoms with Gasteiger partial charge in [-0.3, -0.25) is 9.59 Å². The van der Waals surface area contributed by atoms with Gasteiger partial charge in [-0.05, 0) is 25.5 Å². The van der Waals surface area contributed by atoms with Crippen LogP contribution in [0.1, 0.15) is 29.2 Å². The highest BCUT2D eigenvalue weighted by Gasteiger charge is 2.48. The molecule has 0 saturated carbocycles. The van der Waals surface area contributed by atoms with Crippen LogP contribution in [0.5, 0.6) is 0 Å². The molecule has 0 N–H and O–H groups in total. The summed E-state index contributed by atoms with van der Waals surface area (Å²) in [5, 5.41) is 0. The number of amides is 2. The quantitative estimate of drug-likeness (QED) is 0.832. The summed E-state index contributed by atoms with van der Waals surface area (Å²) in [6.45, 7) is 3.61. The van der Waals surface area contributed by atoms with Gasteiger partial charge in [0.25, 0.3) is 5.91 Å². The van der Waals surface area contributed by atoms with Crippen LogP contribution < -0.4 is 0 Å². The van der Waals surface area contributed by atoms with Crippen molar-refractivity contribution in [3.63, 3.8) is 0 Å². The Bertz CT molecular complexity index is 554. The maximum Gasteiger partial charge on any atom is 0.289 e. The van der Waals surface area contributed by atoms with Gasteiger partial charge < -0.3 is 19.0 Å². The molecule has 0 aliphatic carbocycles. The van der Waals surface area contributed by atoms with Crippen molar-refractivity contribution < 1.29 is 18.7 Å². The third-order valence-corrected chi connectivity index (χ3v) is 4.36. The first kappa shape index (κ1) is 14.1. The van der Waals surface area contributed by atoms with Gasteiger partial charge in [-0.15, -0.1) is 0 Å². The van der Waals surface area contributed by atoms with Crippen LogP contribution in [0.3, 0.4) is 0 Å². The highest BCUT2D eigenvalue weighted by atomic mass is 16.5. The van der Waals surface area contributed by atoms with Crippen molar-refractivity contribution in [2.24, 2.45) is 0 Å². The standard InChI is InChI=1S/C15H20N2O4/c1-10-3-4-13(21-10)15(19)17-6-5-11-12(17)9-14(18)16(11)7-8-20-2/h3-4,11-12H,5-9H2,1-2H3/t11-,12+/m0/s1. The number of hydrogen-bond donors (Lipinski definition) is 0. The lowest BCUT2D eigenvalue weighted by Gasteiger charge is -2.24. The highest BCUT2D eigenvalue weighted by molar-refractivity contribution is 5.93. The molecule has 1 aromatic rings. The molecular weight excluding hydrogens is 272 g/mol. The Kier molecular flexibility index (Phi) is 3.71. The second-order valence-corrected chi connectivity index (χ2v) is 5.62. The number of furan rings is 1. The molecule has 6 heteroatoms. The minimum Gasteiger partial charge on any atom is -0.456 e. The molecule has 0 radical (unpaired) electrons. The van der Waals surface area contributed by atoms with E-state index in [9.17, 15) is 9.59 Å². The summed E-state index contributed by atoms with van der Waals surface area (Å²) in [5.74, 6) is 1.07. The number of ether oxygens (including phenoxy) is 1. The Labute approximate surface area is 123 Å². The van der Waals surface area contributed by atoms with Gasteiger partial charge in [-0.1, -0.05) is 0 Å². The number of carbonyl (C=O) groups excluding carboxylic acids is 2. The van der Waals surface area contributed by atoms with Crippen LogP contribution in [0.2, 0.25) is 0 Å². The summed E-state index contributed by atoms with van der Waals surface area (Å²) in [4.78, 5) is 28.3. The van der Waals surface area contributed by atoms with Gasteiger partial charge in [-0.25, -0.2) is 0 Å². The molecule has 3 heterocycles. The van der Waals surface area contributed by atoms with Crippen LogP contribution >= 0.6 is 0 Å². The molecule has 21 heavy (non-hydrogen) atoms. The summed E-state index contributed by atoms with van der Waals surface area (Å²) in [6, 6.07) is 3.57. The molecule has 1 aromatic heterocycles. The maximum absolute atomic E-state index is 12.5. The Hall–Kier alpha value is -1.82. The Morgan fingerprint density at radius 1 is 1.43 bits per heavy atom. The smallest absolute Gasteiger partial charge is 0.289 e. The van der Waals surface area contributed by atoms with Gasteiger partial charge >= 0.3 is 0 Å². The van der Waals surface area contributed by atoms with E-state index in [-0.39, 0.29) is 23.9 Å². The summed E-state index contributed by atoms with van der Waals surface area (Å²) < 4.78 is 10.5. The zero-order valence-corrected chi connectivity index (χ0v) is 12.4. The Balaban J connectivity index is 1.73. The fourth-order valence-corrected chi connectivity index (χ4v) is 3.35. The average molecular weight is 292 g/mol. The summed E-state index contributed by atoms with van der Waals surface area (Å²) in [5.41, 5.74) is 0. The topological polar surface area (TPSA) is 63.0 Å². The zero-order chi connectivity index (χ0) is 15.0. The molecule has 2 aliphatic rings. The zero-order valence-electron chi connectivity index (χ0n) is 12.4. The van der Waals surface area contributed by atoms with Crippen molar-refractivity contribution in [2.75, 3.05) is 26.8 Å². The van der Waals surface area contributed by atoms with E-state index in [2.05, 4.69) is 0 Å². The fourth-order valence-electron chi connectivity index (χ4n) is 3.35. The number of hydrogen-bond acceptors (Lipinski definition) is 4. The Morgan fingerprint density at radius 3 is 2.90 bits per heavy atom. The van der Waals surface area contributed by atoms with E-state index >= 15 is 0 Å². The lowest BCUT2D eigenvalue weighted by atomic mass is 10.1. The van der Waals surface area contributed by atoms with Crippen LogP contribution in [0.15, 0.2) is 16.5 Å². The van der Waals surface area contributed by atoms with Crippen molar-refractivity contribution in [3.8, 4) is 0 Å². The molecule has 2 aliphatic heterocycles. The van der Waals surface area contributed by atoms with E-state index in [0.29, 0.717) is 31.9 Å². The van der Waals surface area contributed by atoms with Crippen LogP contribution in [0.25, 0.3) is 0 Å². The first-order chi connectivity index (χ1) is 10.1. The number of aryl methyl sites for hydroxylation is 1. The Morgan fingerprint density at radius 2 is 2.24 bits per heavy atom. The predicted octanol–water partition coefficient (Wildman–Crippen LogP) is 1.05. The SMILES string of the molecule is COCCN1C(=O)C[C@@H]2[C@@H]1CCN2C(=O)c1ccc(C)o1. The molecule has 3 rings (SSSR count). The van der Waals surface area contributed by atoms with Crippen molar-refractivity contribution in [1.82, 2.24) is 9.80 Å². The van der Waals surface area contributed by atoms with Crippen LogP contribution in [0.4, 0.5) is 0 Å². The molecule has 2 fully saturated rings. The van der Waals surface area contributed by atoms with E-state index in [4.69, 9.17) is 9.15 Å². The van der Waals surface area contributed by atoms with Gasteiger partial charge in [0.15, 0.2) is 5.76 Å². The molecule has 2 amide bonds. The molecule has 6 nitrogen and oxygen atoms in total. The van der Waals surface area contributed by atoms with Gasteiger partial charge in [-0.2, -0.15) is 0 Å². The van der Waals surface area contributed by atoms with E-state index in [0.717, 1.165) is 12.2 Å². The fraction of sp³-hybridized carbons (Fsp3) is 0.600. The van der Waals surface area contributed by atoms with Crippen molar-refractivity contribution in [1.29, 1.82) is 0 Å². The van der Waals surface area contributed by atoms with E-state index < -0.39 is 0 Å². The molecule has 0 spiro atoms. The lowest BCUT2D eigenvalue weighted by molar-refractivity contribution is -0.129. The maximum atomic E-state index is 12.5. The van der Waals surface area contributed by atoms with Crippen LogP contribution in [-0.2, 0) is 9.53 Å². The average Bonchev–Trinajstić information content (AvgIpc) is 3.12. The number of carbonyl (C=O) groups is 2. The third-order valence-electron chi connectivity index (χ3n) is 4.36. The van der Waals surface area contributed by atoms with Gasteiger partial charge in [0.2, 0.25) is 5.91 Å². The van der Waals surface area contributed by atoms with Gasteiger partial charge in [0, 0.05) is 26.6 Å². The van der Waals surface area contributed by atoms with Gasteiger partial charge in [0.05, 0.1) is 18.7 Å². The number of likely N-dealkylation sites (tertiary alicyclic amines) is 2. The molecule has 0 bridgehead atoms. The van der Waals surface area contributed by atoms with Crippen LogP contribution in [0, 0.1) is 6.92 Å². The van der Waals surface area contributed by atoms with Crippen molar-refractivity contribution >= 4 is 11.8 Å². The second kappa shape index (κ2) is 5.52. The largest absolute Gasteiger partial charge is 0.456 e. The lowest BCUT2D eigenvalue weighted by Crippen LogP contribution is -2.40. The molecule has 2 atom stereocenters.